The van der Waals surface area contributed by atoms with E-state index in [0.717, 1.165) is 0 Å². The average Bonchev–Trinajstić information content (AvgIpc) is 2.01. The van der Waals surface area contributed by atoms with Gasteiger partial charge >= 0.3 is 23.8 Å². The Hall–Kier alpha value is -1.72. The highest BCUT2D eigenvalue weighted by Crippen LogP contribution is 2.07. The molecule has 0 atom stereocenters. The summed E-state index contributed by atoms with van der Waals surface area (Å²) >= 11 is 0. The van der Waals surface area contributed by atoms with Gasteiger partial charge in [0.05, 0.1) is 0 Å². The summed E-state index contributed by atoms with van der Waals surface area (Å²) < 4.78 is 3.87. The molecule has 2 amide bonds. The molecule has 1 aliphatic heterocycles. The quantitative estimate of drug-likeness (QED) is 0.222. The molecule has 0 saturated carbocycles. The number of rotatable bonds is 1. The van der Waals surface area contributed by atoms with Crippen molar-refractivity contribution in [3.05, 3.63) is 0 Å². The van der Waals surface area contributed by atoms with Crippen LogP contribution < -0.4 is 0 Å². The van der Waals surface area contributed by atoms with Crippen molar-refractivity contribution in [2.24, 2.45) is 0 Å². The largest absolute Gasteiger partial charge is 0.405 e. The summed E-state index contributed by atoms with van der Waals surface area (Å²) in [5.41, 5.74) is 0. The lowest BCUT2D eigenvalue weighted by atomic mass is 10.2. The van der Waals surface area contributed by atoms with Gasteiger partial charge in [-0.2, -0.15) is 0 Å². The second-order valence-corrected chi connectivity index (χ2v) is 2.75. The van der Waals surface area contributed by atoms with E-state index in [-0.39, 0.29) is 0 Å². The molecule has 1 saturated heterocycles. The second-order valence-electron chi connectivity index (χ2n) is 2.75. The summed E-state index contributed by atoms with van der Waals surface area (Å²) in [6.45, 7) is 3.03. The Bertz CT molecular complexity index is 280. The van der Waals surface area contributed by atoms with Gasteiger partial charge in [0.25, 0.3) is 0 Å². The second kappa shape index (κ2) is 2.96. The molecule has 0 unspecified atom stereocenters. The molecule has 0 radical (unpaired) electrons. The third kappa shape index (κ3) is 1.42. The topological polar surface area (TPSA) is 80.8 Å². The van der Waals surface area contributed by atoms with Crippen LogP contribution in [0, 0.1) is 0 Å². The van der Waals surface area contributed by atoms with E-state index in [1.54, 1.807) is 0 Å². The van der Waals surface area contributed by atoms with Crippen molar-refractivity contribution in [1.29, 1.82) is 0 Å². The van der Waals surface area contributed by atoms with Gasteiger partial charge in [-0.1, -0.05) is 0 Å². The summed E-state index contributed by atoms with van der Waals surface area (Å²) in [5.74, 6) is -4.81. The minimum Gasteiger partial charge on any atom is -0.378 e. The molecular weight excluding hydrogens is 178 g/mol. The van der Waals surface area contributed by atoms with Crippen molar-refractivity contribution < 1.29 is 23.9 Å². The number of cyclic esters (lactones) is 2. The fraction of sp³-hybridized carbons (Fsp3) is 0.429. The van der Waals surface area contributed by atoms with Crippen molar-refractivity contribution in [2.75, 3.05) is 0 Å². The molecule has 0 N–H and O–H groups in total. The zero-order valence-electron chi connectivity index (χ0n) is 7.07. The molecule has 0 aliphatic carbocycles. The molecule has 13 heavy (non-hydrogen) atoms. The first kappa shape index (κ1) is 9.37. The maximum atomic E-state index is 11.0. The molecule has 6 heteroatoms. The molecular formula is C7H7NO5. The lowest BCUT2D eigenvalue weighted by molar-refractivity contribution is -0.182. The number of imide groups is 1. The van der Waals surface area contributed by atoms with Crippen LogP contribution in [-0.4, -0.2) is 34.7 Å². The van der Waals surface area contributed by atoms with Gasteiger partial charge in [0, 0.05) is 6.04 Å². The highest BCUT2D eigenvalue weighted by Gasteiger charge is 2.42. The number of nitrogens with zero attached hydrogens (tertiary/aromatic N) is 1. The van der Waals surface area contributed by atoms with Gasteiger partial charge in [0.1, 0.15) is 0 Å². The molecule has 0 bridgehead atoms. The molecule has 70 valence electrons. The molecule has 0 aromatic carbocycles. The predicted octanol–water partition coefficient (Wildman–Crippen LogP) is -1.17. The minimum absolute atomic E-state index is 0.531. The van der Waals surface area contributed by atoms with E-state index < -0.39 is 29.8 Å². The van der Waals surface area contributed by atoms with Crippen molar-refractivity contribution in [3.8, 4) is 0 Å². The fourth-order valence-corrected chi connectivity index (χ4v) is 0.929. The van der Waals surface area contributed by atoms with E-state index in [0.29, 0.717) is 4.90 Å². The van der Waals surface area contributed by atoms with Crippen LogP contribution in [0.2, 0.25) is 0 Å². The molecule has 0 aromatic rings. The lowest BCUT2D eigenvalue weighted by Gasteiger charge is -2.25. The Morgan fingerprint density at radius 3 is 1.69 bits per heavy atom. The fourth-order valence-electron chi connectivity index (χ4n) is 0.929. The first-order valence-corrected chi connectivity index (χ1v) is 3.58. The number of hydrogen-bond donors (Lipinski definition) is 0. The van der Waals surface area contributed by atoms with Crippen molar-refractivity contribution in [3.63, 3.8) is 0 Å². The van der Waals surface area contributed by atoms with Crippen LogP contribution in [0.25, 0.3) is 0 Å². The highest BCUT2D eigenvalue weighted by atomic mass is 16.6. The number of morpholine rings is 1. The maximum absolute atomic E-state index is 11.0. The van der Waals surface area contributed by atoms with Crippen LogP contribution >= 0.6 is 0 Å². The van der Waals surface area contributed by atoms with Gasteiger partial charge in [0.2, 0.25) is 0 Å². The molecule has 0 spiro atoms. The SMILES string of the molecule is CC(C)N1C(=O)C(=O)OC(=O)C1=O. The van der Waals surface area contributed by atoms with Crippen LogP contribution in [-0.2, 0) is 23.9 Å². The normalized spacial score (nSPS) is 18.2. The predicted molar refractivity (Wildman–Crippen MR) is 38.1 cm³/mol. The van der Waals surface area contributed by atoms with E-state index >= 15 is 0 Å². The number of esters is 2. The van der Waals surface area contributed by atoms with E-state index in [9.17, 15) is 19.2 Å². The van der Waals surface area contributed by atoms with Gasteiger partial charge < -0.3 is 4.74 Å². The number of hydrogen-bond acceptors (Lipinski definition) is 5. The Kier molecular flexibility index (Phi) is 2.14. The molecule has 1 rings (SSSR count). The van der Waals surface area contributed by atoms with E-state index in [4.69, 9.17) is 0 Å². The third-order valence-corrected chi connectivity index (χ3v) is 1.49. The van der Waals surface area contributed by atoms with Gasteiger partial charge in [-0.25, -0.2) is 9.59 Å². The van der Waals surface area contributed by atoms with Crippen LogP contribution in [0.3, 0.4) is 0 Å². The molecule has 0 aromatic heterocycles. The van der Waals surface area contributed by atoms with Crippen LogP contribution in [0.4, 0.5) is 0 Å². The Balaban J connectivity index is 3.02. The van der Waals surface area contributed by atoms with E-state index in [2.05, 4.69) is 4.74 Å². The smallest absolute Gasteiger partial charge is 0.378 e. The first-order chi connectivity index (χ1) is 5.95. The molecule has 1 aliphatic rings. The van der Waals surface area contributed by atoms with Gasteiger partial charge in [0.15, 0.2) is 0 Å². The Morgan fingerprint density at radius 1 is 1.00 bits per heavy atom. The number of carbonyl (C=O) groups is 4. The summed E-state index contributed by atoms with van der Waals surface area (Å²) in [5, 5.41) is 0. The summed E-state index contributed by atoms with van der Waals surface area (Å²) in [7, 11) is 0. The summed E-state index contributed by atoms with van der Waals surface area (Å²) in [4.78, 5) is 43.9. The number of amides is 2. The van der Waals surface area contributed by atoms with E-state index in [1.165, 1.54) is 13.8 Å². The van der Waals surface area contributed by atoms with Crippen molar-refractivity contribution in [1.82, 2.24) is 4.90 Å². The first-order valence-electron chi connectivity index (χ1n) is 3.58. The molecule has 1 heterocycles. The maximum Gasteiger partial charge on any atom is 0.405 e. The van der Waals surface area contributed by atoms with Crippen LogP contribution in [0.5, 0.6) is 0 Å². The van der Waals surface area contributed by atoms with Crippen LogP contribution in [0.15, 0.2) is 0 Å². The lowest BCUT2D eigenvalue weighted by Crippen LogP contribution is -2.54. The van der Waals surface area contributed by atoms with Gasteiger partial charge in [-0.3, -0.25) is 14.5 Å². The summed E-state index contributed by atoms with van der Waals surface area (Å²) in [6, 6.07) is -0.531. The Morgan fingerprint density at radius 2 is 1.38 bits per heavy atom. The zero-order chi connectivity index (χ0) is 10.2. The van der Waals surface area contributed by atoms with Crippen LogP contribution in [0.1, 0.15) is 13.8 Å². The molecule has 1 fully saturated rings. The number of ether oxygens (including phenoxy) is 1. The minimum atomic E-state index is -1.31. The van der Waals surface area contributed by atoms with Crippen molar-refractivity contribution in [2.45, 2.75) is 19.9 Å². The standard InChI is InChI=1S/C7H7NO5/c1-3(2)8-4(9)6(11)13-7(12)5(8)10/h3H,1-2H3. The van der Waals surface area contributed by atoms with Crippen molar-refractivity contribution >= 4 is 23.8 Å². The monoisotopic (exact) mass is 185 g/mol. The Labute approximate surface area is 73.4 Å². The zero-order valence-corrected chi connectivity index (χ0v) is 7.07. The van der Waals surface area contributed by atoms with E-state index in [1.807, 2.05) is 0 Å². The van der Waals surface area contributed by atoms with Gasteiger partial charge in [-0.15, -0.1) is 0 Å². The summed E-state index contributed by atoms with van der Waals surface area (Å²) in [6.07, 6.45) is 0. The highest BCUT2D eigenvalue weighted by molar-refractivity contribution is 6.50. The molecule has 6 nitrogen and oxygen atoms in total. The van der Waals surface area contributed by atoms with Gasteiger partial charge in [-0.05, 0) is 13.8 Å². The number of carbonyl (C=O) groups excluding carboxylic acids is 4. The average molecular weight is 185 g/mol. The third-order valence-electron chi connectivity index (χ3n) is 1.49.